The van der Waals surface area contributed by atoms with E-state index in [1.165, 1.54) is 5.56 Å². The molecule has 0 aliphatic rings. The second kappa shape index (κ2) is 6.06. The number of thiocarbonyl (C=S) groups is 1. The Morgan fingerprint density at radius 2 is 1.78 bits per heavy atom. The Hall–Kier alpha value is -1.27. The van der Waals surface area contributed by atoms with Crippen LogP contribution in [0.1, 0.15) is 31.9 Å². The quantitative estimate of drug-likeness (QED) is 0.159. The van der Waals surface area contributed by atoms with Crippen molar-refractivity contribution < 1.29 is 0 Å². The van der Waals surface area contributed by atoms with Crippen molar-refractivity contribution >= 4 is 35.0 Å². The number of hydrazone groups is 1. The number of hydrogen-bond donors (Lipinski definition) is 4. The van der Waals surface area contributed by atoms with Gasteiger partial charge in [-0.1, -0.05) is 57.3 Å². The number of amidine groups is 1. The van der Waals surface area contributed by atoms with Gasteiger partial charge in [-0.15, -0.1) is 12.6 Å². The number of nitrogens with one attached hydrogen (secondary N) is 2. The van der Waals surface area contributed by atoms with Gasteiger partial charge in [-0.25, -0.2) is 0 Å². The first-order chi connectivity index (χ1) is 8.34. The van der Waals surface area contributed by atoms with Crippen LogP contribution in [0.25, 0.3) is 0 Å². The fourth-order valence-corrected chi connectivity index (χ4v) is 1.53. The molecule has 0 atom stereocenters. The highest BCUT2D eigenvalue weighted by Gasteiger charge is 2.13. The zero-order valence-corrected chi connectivity index (χ0v) is 12.4. The summed E-state index contributed by atoms with van der Waals surface area (Å²) in [7, 11) is 0. The van der Waals surface area contributed by atoms with Gasteiger partial charge >= 0.3 is 0 Å². The largest absolute Gasteiger partial charge is 0.321 e. The highest BCUT2D eigenvalue weighted by atomic mass is 32.1. The van der Waals surface area contributed by atoms with Crippen LogP contribution in [0.5, 0.6) is 0 Å². The molecular weight excluding hydrogens is 264 g/mol. The molecule has 4 nitrogen and oxygen atoms in total. The Morgan fingerprint density at radius 3 is 2.17 bits per heavy atom. The number of nitrogens with zero attached hydrogens (tertiary/aromatic N) is 1. The predicted octanol–water partition coefficient (Wildman–Crippen LogP) is 1.91. The average molecular weight is 282 g/mol. The molecule has 0 aliphatic heterocycles. The van der Waals surface area contributed by atoms with Crippen molar-refractivity contribution in [1.29, 1.82) is 0 Å². The van der Waals surface area contributed by atoms with E-state index in [9.17, 15) is 0 Å². The van der Waals surface area contributed by atoms with Crippen LogP contribution < -0.4 is 16.7 Å². The highest BCUT2D eigenvalue weighted by Crippen LogP contribution is 2.22. The molecule has 0 aromatic heterocycles. The van der Waals surface area contributed by atoms with E-state index in [0.717, 1.165) is 5.56 Å². The summed E-state index contributed by atoms with van der Waals surface area (Å²) in [5.74, 6) is 5.84. The summed E-state index contributed by atoms with van der Waals surface area (Å²) < 4.78 is 0.322. The minimum Gasteiger partial charge on any atom is -0.321 e. The number of benzene rings is 1. The molecule has 6 heteroatoms. The van der Waals surface area contributed by atoms with Crippen molar-refractivity contribution in [3.05, 3.63) is 35.4 Å². The summed E-state index contributed by atoms with van der Waals surface area (Å²) in [6.07, 6.45) is 0. The van der Waals surface area contributed by atoms with E-state index in [1.54, 1.807) is 0 Å². The van der Waals surface area contributed by atoms with Crippen molar-refractivity contribution in [2.75, 3.05) is 0 Å². The zero-order valence-electron chi connectivity index (χ0n) is 10.7. The minimum atomic E-state index is 0.122. The van der Waals surface area contributed by atoms with Crippen LogP contribution in [0, 0.1) is 0 Å². The Balaban J connectivity index is 2.86. The molecule has 0 radical (unpaired) electrons. The van der Waals surface area contributed by atoms with Crippen LogP contribution in [0.4, 0.5) is 0 Å². The lowest BCUT2D eigenvalue weighted by Gasteiger charge is -2.19. The van der Waals surface area contributed by atoms with Crippen LogP contribution >= 0.6 is 24.8 Å². The summed E-state index contributed by atoms with van der Waals surface area (Å²) in [5.41, 5.74) is 7.73. The maximum absolute atomic E-state index is 5.33. The van der Waals surface area contributed by atoms with Crippen molar-refractivity contribution in [2.24, 2.45) is 10.9 Å². The molecule has 0 aliphatic carbocycles. The first-order valence-electron chi connectivity index (χ1n) is 5.48. The molecule has 0 fully saturated rings. The maximum Gasteiger partial charge on any atom is 0.171 e. The molecule has 98 valence electrons. The van der Waals surface area contributed by atoms with Gasteiger partial charge in [-0.3, -0.25) is 10.9 Å². The Labute approximate surface area is 118 Å². The smallest absolute Gasteiger partial charge is 0.171 e. The third-order valence-corrected chi connectivity index (χ3v) is 2.66. The van der Waals surface area contributed by atoms with E-state index in [-0.39, 0.29) is 5.41 Å². The summed E-state index contributed by atoms with van der Waals surface area (Å²) >= 11 is 8.72. The lowest BCUT2D eigenvalue weighted by molar-refractivity contribution is 0.590. The Bertz CT molecular complexity index is 446. The van der Waals surface area contributed by atoms with Crippen LogP contribution in [0.15, 0.2) is 29.4 Å². The molecule has 1 aromatic rings. The Morgan fingerprint density at radius 1 is 1.22 bits per heavy atom. The maximum atomic E-state index is 5.33. The molecule has 1 aromatic carbocycles. The summed E-state index contributed by atoms with van der Waals surface area (Å²) in [4.78, 5) is 0. The molecule has 0 spiro atoms. The lowest BCUT2D eigenvalue weighted by Crippen LogP contribution is -2.40. The summed E-state index contributed by atoms with van der Waals surface area (Å²) in [5, 5.41) is 3.67. The molecule has 4 N–H and O–H groups in total. The van der Waals surface area contributed by atoms with E-state index in [1.807, 2.05) is 12.1 Å². The first-order valence-corrected chi connectivity index (χ1v) is 6.34. The van der Waals surface area contributed by atoms with E-state index >= 15 is 0 Å². The van der Waals surface area contributed by atoms with Gasteiger partial charge in [0, 0.05) is 5.56 Å². The van der Waals surface area contributed by atoms with Gasteiger partial charge < -0.3 is 5.84 Å². The predicted molar refractivity (Wildman–Crippen MR) is 83.7 cm³/mol. The van der Waals surface area contributed by atoms with Gasteiger partial charge in [0.05, 0.1) is 0 Å². The second-order valence-corrected chi connectivity index (χ2v) is 6.02. The van der Waals surface area contributed by atoms with E-state index in [0.29, 0.717) is 10.2 Å². The van der Waals surface area contributed by atoms with Crippen molar-refractivity contribution in [3.63, 3.8) is 0 Å². The van der Waals surface area contributed by atoms with Crippen LogP contribution in [-0.4, -0.2) is 10.2 Å². The van der Waals surface area contributed by atoms with Crippen molar-refractivity contribution in [1.82, 2.24) is 10.9 Å². The minimum absolute atomic E-state index is 0.122. The van der Waals surface area contributed by atoms with Gasteiger partial charge in [0.2, 0.25) is 0 Å². The normalized spacial score (nSPS) is 12.1. The third kappa shape index (κ3) is 4.19. The molecule has 0 unspecified atom stereocenters. The summed E-state index contributed by atoms with van der Waals surface area (Å²) in [6, 6.07) is 8.04. The number of rotatable bonds is 1. The molecule has 1 rings (SSSR count). The van der Waals surface area contributed by atoms with Gasteiger partial charge in [0.15, 0.2) is 5.84 Å². The number of hydrazine groups is 1. The standard InChI is InChI=1S/C12H18N4S2/c1-12(2,3)9-6-4-8(5-7-9)10(14-13)15-16-11(17)18/h4-7H,13H2,1-3H3,(H,14,15)(H2,16,17,18). The summed E-state index contributed by atoms with van der Waals surface area (Å²) in [6.45, 7) is 6.50. The fraction of sp³-hybridized carbons (Fsp3) is 0.333. The third-order valence-electron chi connectivity index (χ3n) is 2.44. The van der Waals surface area contributed by atoms with E-state index < -0.39 is 0 Å². The molecule has 0 heterocycles. The van der Waals surface area contributed by atoms with Gasteiger partial charge in [0.1, 0.15) is 4.32 Å². The topological polar surface area (TPSA) is 62.4 Å². The fourth-order valence-electron chi connectivity index (χ4n) is 1.42. The van der Waals surface area contributed by atoms with Crippen LogP contribution in [0.2, 0.25) is 0 Å². The molecular formula is C12H18N4S2. The molecule has 18 heavy (non-hydrogen) atoms. The van der Waals surface area contributed by atoms with Crippen molar-refractivity contribution in [3.8, 4) is 0 Å². The lowest BCUT2D eigenvalue weighted by atomic mass is 9.86. The number of thiol groups is 1. The van der Waals surface area contributed by atoms with Crippen LogP contribution in [0.3, 0.4) is 0 Å². The SMILES string of the molecule is CC(C)(C)c1ccc(/C(=N\N)NNC(=S)S)cc1. The van der Waals surface area contributed by atoms with Gasteiger partial charge in [-0.05, 0) is 11.0 Å². The molecule has 0 bridgehead atoms. The Kier molecular flexibility index (Phi) is 4.98. The zero-order chi connectivity index (χ0) is 13.8. The highest BCUT2D eigenvalue weighted by molar-refractivity contribution is 8.11. The van der Waals surface area contributed by atoms with Crippen LogP contribution in [-0.2, 0) is 5.41 Å². The molecule has 0 saturated heterocycles. The number of nitrogens with two attached hydrogens (primary N) is 1. The van der Waals surface area contributed by atoms with Crippen molar-refractivity contribution in [2.45, 2.75) is 26.2 Å². The van der Waals surface area contributed by atoms with Gasteiger partial charge in [0.25, 0.3) is 0 Å². The average Bonchev–Trinajstić information content (AvgIpc) is 2.29. The first kappa shape index (κ1) is 14.8. The van der Waals surface area contributed by atoms with E-state index in [2.05, 4.69) is 61.5 Å². The second-order valence-electron chi connectivity index (χ2n) is 4.86. The number of hydrogen-bond acceptors (Lipinski definition) is 3. The van der Waals surface area contributed by atoms with Gasteiger partial charge in [-0.2, -0.15) is 5.10 Å². The molecule has 0 amide bonds. The monoisotopic (exact) mass is 282 g/mol. The van der Waals surface area contributed by atoms with E-state index in [4.69, 9.17) is 18.1 Å². The molecule has 0 saturated carbocycles.